The van der Waals surface area contributed by atoms with Crippen LogP contribution < -0.4 is 9.47 Å². The van der Waals surface area contributed by atoms with Gasteiger partial charge in [-0.1, -0.05) is 38.1 Å². The number of rotatable bonds is 8. The summed E-state index contributed by atoms with van der Waals surface area (Å²) >= 11 is 0. The van der Waals surface area contributed by atoms with Crippen LogP contribution in [-0.2, 0) is 0 Å². The molecule has 2 aromatic carbocycles. The molecule has 0 aromatic heterocycles. The summed E-state index contributed by atoms with van der Waals surface area (Å²) in [4.78, 5) is 15.1. The Labute approximate surface area is 149 Å². The van der Waals surface area contributed by atoms with Crippen LogP contribution >= 0.6 is 0 Å². The summed E-state index contributed by atoms with van der Waals surface area (Å²) in [6.07, 6.45) is 0.956. The minimum atomic E-state index is 0.0393. The van der Waals surface area contributed by atoms with Crippen LogP contribution in [0.25, 0.3) is 11.1 Å². The third kappa shape index (κ3) is 3.27. The van der Waals surface area contributed by atoms with Crippen molar-refractivity contribution in [2.45, 2.75) is 20.3 Å². The van der Waals surface area contributed by atoms with Gasteiger partial charge in [0.25, 0.3) is 0 Å². The van der Waals surface area contributed by atoms with E-state index in [2.05, 4.69) is 18.7 Å². The second-order valence-electron chi connectivity index (χ2n) is 6.12. The summed E-state index contributed by atoms with van der Waals surface area (Å²) in [7, 11) is 1.63. The normalized spacial score (nSPS) is 12.2. The van der Waals surface area contributed by atoms with Crippen LogP contribution in [-0.4, -0.2) is 44.0 Å². The van der Waals surface area contributed by atoms with E-state index in [0.717, 1.165) is 42.9 Å². The number of fused-ring (bicyclic) bond motifs is 3. The molecule has 0 N–H and O–H groups in total. The number of hydrogen-bond acceptors (Lipinski definition) is 4. The van der Waals surface area contributed by atoms with Gasteiger partial charge in [-0.2, -0.15) is 0 Å². The van der Waals surface area contributed by atoms with Crippen molar-refractivity contribution in [2.24, 2.45) is 0 Å². The molecule has 4 heteroatoms. The van der Waals surface area contributed by atoms with Crippen LogP contribution in [0.3, 0.4) is 0 Å². The molecule has 0 saturated heterocycles. The van der Waals surface area contributed by atoms with Crippen LogP contribution in [0, 0.1) is 0 Å². The van der Waals surface area contributed by atoms with Crippen molar-refractivity contribution in [3.63, 3.8) is 0 Å². The van der Waals surface area contributed by atoms with Gasteiger partial charge in [-0.3, -0.25) is 4.79 Å². The van der Waals surface area contributed by atoms with Gasteiger partial charge in [0.05, 0.1) is 13.7 Å². The smallest absolute Gasteiger partial charge is 0.194 e. The molecule has 0 saturated carbocycles. The Morgan fingerprint density at radius 1 is 0.920 bits per heavy atom. The van der Waals surface area contributed by atoms with Crippen molar-refractivity contribution in [3.8, 4) is 22.6 Å². The van der Waals surface area contributed by atoms with Crippen LogP contribution in [0.2, 0.25) is 0 Å². The second kappa shape index (κ2) is 7.70. The third-order valence-corrected chi connectivity index (χ3v) is 4.78. The third-order valence-electron chi connectivity index (χ3n) is 4.78. The van der Waals surface area contributed by atoms with Crippen LogP contribution in [0.4, 0.5) is 0 Å². The van der Waals surface area contributed by atoms with E-state index < -0.39 is 0 Å². The Morgan fingerprint density at radius 2 is 1.52 bits per heavy atom. The highest BCUT2D eigenvalue weighted by molar-refractivity contribution is 6.23. The topological polar surface area (TPSA) is 38.8 Å². The van der Waals surface area contributed by atoms with E-state index in [-0.39, 0.29) is 5.78 Å². The van der Waals surface area contributed by atoms with E-state index in [4.69, 9.17) is 9.47 Å². The molecule has 25 heavy (non-hydrogen) atoms. The number of benzene rings is 2. The fourth-order valence-electron chi connectivity index (χ4n) is 3.40. The molecule has 0 heterocycles. The van der Waals surface area contributed by atoms with Crippen molar-refractivity contribution in [1.82, 2.24) is 4.90 Å². The number of ketones is 1. The zero-order valence-electron chi connectivity index (χ0n) is 15.2. The molecule has 3 rings (SSSR count). The van der Waals surface area contributed by atoms with Crippen LogP contribution in [0.5, 0.6) is 11.5 Å². The van der Waals surface area contributed by atoms with Gasteiger partial charge in [-0.05, 0) is 31.6 Å². The summed E-state index contributed by atoms with van der Waals surface area (Å²) in [6.45, 7) is 8.09. The van der Waals surface area contributed by atoms with Crippen molar-refractivity contribution in [2.75, 3.05) is 33.4 Å². The van der Waals surface area contributed by atoms with E-state index in [1.54, 1.807) is 7.11 Å². The number of carbonyl (C=O) groups excluding carboxylic acids is 1. The maximum absolute atomic E-state index is 12.7. The highest BCUT2D eigenvalue weighted by Crippen LogP contribution is 2.47. The average Bonchev–Trinajstić information content (AvgIpc) is 2.95. The Bertz CT molecular complexity index is 766. The van der Waals surface area contributed by atoms with E-state index in [9.17, 15) is 4.79 Å². The molecule has 0 bridgehead atoms. The van der Waals surface area contributed by atoms with E-state index in [0.29, 0.717) is 23.5 Å². The molecule has 1 aliphatic carbocycles. The first-order valence-electron chi connectivity index (χ1n) is 8.91. The molecule has 132 valence electrons. The predicted molar refractivity (Wildman–Crippen MR) is 99.8 cm³/mol. The molecule has 0 unspecified atom stereocenters. The van der Waals surface area contributed by atoms with Crippen LogP contribution in [0.1, 0.15) is 36.2 Å². The van der Waals surface area contributed by atoms with E-state index >= 15 is 0 Å². The Balaban J connectivity index is 1.84. The Hall–Kier alpha value is -2.33. The first-order valence-corrected chi connectivity index (χ1v) is 8.91. The number of ether oxygens (including phenoxy) is 2. The maximum atomic E-state index is 12.7. The summed E-state index contributed by atoms with van der Waals surface area (Å²) in [6, 6.07) is 11.3. The molecule has 0 fully saturated rings. The molecule has 0 atom stereocenters. The molecular weight excluding hydrogens is 314 g/mol. The van der Waals surface area contributed by atoms with Crippen molar-refractivity contribution >= 4 is 5.78 Å². The summed E-state index contributed by atoms with van der Waals surface area (Å²) in [5.74, 6) is 1.51. The quantitative estimate of drug-likeness (QED) is 0.581. The molecule has 0 spiro atoms. The molecule has 0 amide bonds. The van der Waals surface area contributed by atoms with Crippen molar-refractivity contribution in [1.29, 1.82) is 0 Å². The lowest BCUT2D eigenvalue weighted by atomic mass is 10.0. The lowest BCUT2D eigenvalue weighted by molar-refractivity contribution is 0.104. The first kappa shape index (κ1) is 17.5. The van der Waals surface area contributed by atoms with Crippen molar-refractivity contribution in [3.05, 3.63) is 47.5 Å². The Morgan fingerprint density at radius 3 is 2.12 bits per heavy atom. The standard InChI is InChI=1S/C21H25NO3/c1-4-22(5-2)13-8-14-25-18-12-7-10-16-20(18)19-15(21(16)23)9-6-11-17(19)24-3/h6-7,9-12H,4-5,8,13-14H2,1-3H3. The minimum Gasteiger partial charge on any atom is -0.496 e. The van der Waals surface area contributed by atoms with Gasteiger partial charge in [0.15, 0.2) is 5.78 Å². The first-order chi connectivity index (χ1) is 12.2. The SMILES string of the molecule is CCN(CC)CCCOc1cccc2c1-c1c(OC)cccc1C2=O. The van der Waals surface area contributed by atoms with Gasteiger partial charge in [0, 0.05) is 28.8 Å². The fraction of sp³-hybridized carbons (Fsp3) is 0.381. The Kier molecular flexibility index (Phi) is 5.39. The van der Waals surface area contributed by atoms with Gasteiger partial charge in [-0.25, -0.2) is 0 Å². The summed E-state index contributed by atoms with van der Waals surface area (Å²) in [5.41, 5.74) is 3.10. The van der Waals surface area contributed by atoms with E-state index in [1.165, 1.54) is 0 Å². The number of methoxy groups -OCH3 is 1. The molecular formula is C21H25NO3. The van der Waals surface area contributed by atoms with Crippen molar-refractivity contribution < 1.29 is 14.3 Å². The minimum absolute atomic E-state index is 0.0393. The van der Waals surface area contributed by atoms with Crippen LogP contribution in [0.15, 0.2) is 36.4 Å². The zero-order chi connectivity index (χ0) is 17.8. The molecule has 0 radical (unpaired) electrons. The molecule has 0 aliphatic heterocycles. The summed E-state index contributed by atoms with van der Waals surface area (Å²) < 4.78 is 11.5. The largest absolute Gasteiger partial charge is 0.496 e. The van der Waals surface area contributed by atoms with Gasteiger partial charge < -0.3 is 14.4 Å². The summed E-state index contributed by atoms with van der Waals surface area (Å²) in [5, 5.41) is 0. The predicted octanol–water partition coefficient (Wildman–Crippen LogP) is 4.02. The van der Waals surface area contributed by atoms with Gasteiger partial charge in [-0.15, -0.1) is 0 Å². The van der Waals surface area contributed by atoms with E-state index in [1.807, 2.05) is 36.4 Å². The van der Waals surface area contributed by atoms with Gasteiger partial charge in [0.2, 0.25) is 0 Å². The molecule has 2 aromatic rings. The highest BCUT2D eigenvalue weighted by Gasteiger charge is 2.32. The van der Waals surface area contributed by atoms with Gasteiger partial charge in [0.1, 0.15) is 11.5 Å². The molecule has 4 nitrogen and oxygen atoms in total. The number of hydrogen-bond donors (Lipinski definition) is 0. The lowest BCUT2D eigenvalue weighted by Crippen LogP contribution is -2.25. The maximum Gasteiger partial charge on any atom is 0.194 e. The fourth-order valence-corrected chi connectivity index (χ4v) is 3.40. The average molecular weight is 339 g/mol. The second-order valence-corrected chi connectivity index (χ2v) is 6.12. The molecule has 1 aliphatic rings. The zero-order valence-corrected chi connectivity index (χ0v) is 15.2. The monoisotopic (exact) mass is 339 g/mol. The van der Waals surface area contributed by atoms with Gasteiger partial charge >= 0.3 is 0 Å². The number of nitrogens with zero attached hydrogens (tertiary/aromatic N) is 1. The lowest BCUT2D eigenvalue weighted by Gasteiger charge is -2.18. The number of carbonyl (C=O) groups is 1. The highest BCUT2D eigenvalue weighted by atomic mass is 16.5.